The van der Waals surface area contributed by atoms with Crippen molar-refractivity contribution in [1.29, 1.82) is 0 Å². The molecule has 0 bridgehead atoms. The molecule has 1 saturated carbocycles. The van der Waals surface area contributed by atoms with Gasteiger partial charge < -0.3 is 16.0 Å². The number of hydrogen-bond acceptors (Lipinski definition) is 3. The molecule has 0 aromatic heterocycles. The first-order valence-electron chi connectivity index (χ1n) is 7.33. The van der Waals surface area contributed by atoms with Crippen LogP contribution in [-0.4, -0.2) is 41.9 Å². The maximum atomic E-state index is 11.9. The van der Waals surface area contributed by atoms with Crippen molar-refractivity contribution in [1.82, 2.24) is 10.2 Å². The molecule has 0 radical (unpaired) electrons. The van der Waals surface area contributed by atoms with Crippen molar-refractivity contribution >= 4 is 11.8 Å². The van der Waals surface area contributed by atoms with Gasteiger partial charge in [0.2, 0.25) is 11.8 Å². The predicted molar refractivity (Wildman–Crippen MR) is 73.3 cm³/mol. The van der Waals surface area contributed by atoms with Crippen LogP contribution < -0.4 is 11.1 Å². The van der Waals surface area contributed by atoms with E-state index in [0.29, 0.717) is 11.8 Å². The van der Waals surface area contributed by atoms with Crippen molar-refractivity contribution in [2.45, 2.75) is 51.6 Å². The summed E-state index contributed by atoms with van der Waals surface area (Å²) in [4.78, 5) is 25.8. The third-order valence-electron chi connectivity index (χ3n) is 4.28. The number of nitrogens with zero attached hydrogens (tertiary/aromatic N) is 1. The van der Waals surface area contributed by atoms with Gasteiger partial charge in [0.25, 0.3) is 0 Å². The average molecular weight is 267 g/mol. The molecule has 3 N–H and O–H groups in total. The number of likely N-dealkylation sites (tertiary alicyclic amines) is 1. The molecule has 1 aliphatic carbocycles. The highest BCUT2D eigenvalue weighted by molar-refractivity contribution is 5.81. The van der Waals surface area contributed by atoms with E-state index in [9.17, 15) is 9.59 Å². The summed E-state index contributed by atoms with van der Waals surface area (Å²) in [6, 6.07) is 0.0634. The van der Waals surface area contributed by atoms with Crippen LogP contribution in [0.15, 0.2) is 0 Å². The van der Waals surface area contributed by atoms with Crippen LogP contribution in [0, 0.1) is 11.8 Å². The van der Waals surface area contributed by atoms with Gasteiger partial charge >= 0.3 is 0 Å². The highest BCUT2D eigenvalue weighted by Crippen LogP contribution is 2.31. The van der Waals surface area contributed by atoms with E-state index >= 15 is 0 Å². The zero-order valence-electron chi connectivity index (χ0n) is 11.9. The lowest BCUT2D eigenvalue weighted by atomic mass is 10.0. The highest BCUT2D eigenvalue weighted by Gasteiger charge is 2.35. The molecule has 1 heterocycles. The molecule has 5 nitrogen and oxygen atoms in total. The van der Waals surface area contributed by atoms with Crippen LogP contribution >= 0.6 is 0 Å². The van der Waals surface area contributed by atoms with E-state index in [-0.39, 0.29) is 23.9 Å². The molecule has 2 fully saturated rings. The van der Waals surface area contributed by atoms with E-state index in [1.165, 1.54) is 0 Å². The average Bonchev–Trinajstić information content (AvgIpc) is 3.22. The quantitative estimate of drug-likeness (QED) is 0.778. The number of piperidine rings is 1. The van der Waals surface area contributed by atoms with Gasteiger partial charge in [-0.1, -0.05) is 6.92 Å². The molecular formula is C14H25N3O2. The maximum Gasteiger partial charge on any atom is 0.225 e. The Morgan fingerprint density at radius 2 is 1.74 bits per heavy atom. The number of hydrogen-bond donors (Lipinski definition) is 2. The van der Waals surface area contributed by atoms with Gasteiger partial charge in [-0.25, -0.2) is 0 Å². The lowest BCUT2D eigenvalue weighted by Gasteiger charge is -2.33. The summed E-state index contributed by atoms with van der Waals surface area (Å²) in [5.74, 6) is 0.478. The summed E-state index contributed by atoms with van der Waals surface area (Å²) in [5.41, 5.74) is 5.73. The van der Waals surface area contributed by atoms with E-state index in [2.05, 4.69) is 5.32 Å². The fraction of sp³-hybridized carbons (Fsp3) is 0.857. The molecule has 0 spiro atoms. The second kappa shape index (κ2) is 5.90. The third-order valence-corrected chi connectivity index (χ3v) is 4.28. The first-order valence-corrected chi connectivity index (χ1v) is 7.33. The van der Waals surface area contributed by atoms with Crippen molar-refractivity contribution in [3.8, 4) is 0 Å². The Balaban J connectivity index is 1.74. The minimum Gasteiger partial charge on any atom is -0.353 e. The largest absolute Gasteiger partial charge is 0.353 e. The first-order chi connectivity index (χ1) is 8.99. The van der Waals surface area contributed by atoms with Crippen molar-refractivity contribution in [3.05, 3.63) is 0 Å². The standard InChI is InChI=1S/C14H25N3O2/c1-9(10(2)15)13(18)16-12-5-7-17(8-6-12)14(19)11-3-4-11/h9-12H,3-8,15H2,1-2H3,(H,16,18). The lowest BCUT2D eigenvalue weighted by molar-refractivity contribution is -0.133. The predicted octanol–water partition coefficient (Wildman–Crippen LogP) is 0.487. The van der Waals surface area contributed by atoms with Gasteiger partial charge in [0, 0.05) is 37.0 Å². The van der Waals surface area contributed by atoms with Gasteiger partial charge in [0.1, 0.15) is 0 Å². The summed E-state index contributed by atoms with van der Waals surface area (Å²) >= 11 is 0. The summed E-state index contributed by atoms with van der Waals surface area (Å²) < 4.78 is 0. The zero-order chi connectivity index (χ0) is 14.0. The Bertz CT molecular complexity index is 345. The maximum absolute atomic E-state index is 11.9. The van der Waals surface area contributed by atoms with Crippen LogP contribution in [0.2, 0.25) is 0 Å². The number of rotatable bonds is 4. The monoisotopic (exact) mass is 267 g/mol. The Morgan fingerprint density at radius 3 is 2.21 bits per heavy atom. The second-order valence-electron chi connectivity index (χ2n) is 6.03. The van der Waals surface area contributed by atoms with Crippen LogP contribution in [0.4, 0.5) is 0 Å². The number of carbonyl (C=O) groups is 2. The summed E-state index contributed by atoms with van der Waals surface area (Å²) in [6.45, 7) is 5.24. The summed E-state index contributed by atoms with van der Waals surface area (Å²) in [7, 11) is 0. The van der Waals surface area contributed by atoms with Gasteiger partial charge in [-0.3, -0.25) is 9.59 Å². The summed E-state index contributed by atoms with van der Waals surface area (Å²) in [5, 5.41) is 3.05. The van der Waals surface area contributed by atoms with Gasteiger partial charge in [0.15, 0.2) is 0 Å². The topological polar surface area (TPSA) is 75.4 Å². The highest BCUT2D eigenvalue weighted by atomic mass is 16.2. The fourth-order valence-corrected chi connectivity index (χ4v) is 2.40. The molecule has 0 aromatic rings. The lowest BCUT2D eigenvalue weighted by Crippen LogP contribution is -2.49. The van der Waals surface area contributed by atoms with Crippen LogP contribution in [-0.2, 0) is 9.59 Å². The minimum absolute atomic E-state index is 0.0296. The molecule has 2 amide bonds. The molecule has 1 saturated heterocycles. The normalized spacial score (nSPS) is 23.8. The van der Waals surface area contributed by atoms with Crippen molar-refractivity contribution < 1.29 is 9.59 Å². The van der Waals surface area contributed by atoms with Crippen molar-refractivity contribution in [2.75, 3.05) is 13.1 Å². The molecular weight excluding hydrogens is 242 g/mol. The first kappa shape index (κ1) is 14.3. The molecule has 1 aliphatic heterocycles. The molecule has 108 valence electrons. The smallest absolute Gasteiger partial charge is 0.225 e. The van der Waals surface area contributed by atoms with E-state index in [1.807, 2.05) is 18.7 Å². The van der Waals surface area contributed by atoms with E-state index < -0.39 is 0 Å². The van der Waals surface area contributed by atoms with Crippen LogP contribution in [0.5, 0.6) is 0 Å². The molecule has 2 aliphatic rings. The molecule has 2 rings (SSSR count). The number of amides is 2. The van der Waals surface area contributed by atoms with Crippen LogP contribution in [0.1, 0.15) is 39.5 Å². The van der Waals surface area contributed by atoms with Crippen LogP contribution in [0.3, 0.4) is 0 Å². The van der Waals surface area contributed by atoms with E-state index in [0.717, 1.165) is 38.8 Å². The second-order valence-corrected chi connectivity index (χ2v) is 6.03. The molecule has 2 unspecified atom stereocenters. The molecule has 19 heavy (non-hydrogen) atoms. The SMILES string of the molecule is CC(N)C(C)C(=O)NC1CCN(C(=O)C2CC2)CC1. The van der Waals surface area contributed by atoms with E-state index in [4.69, 9.17) is 5.73 Å². The Hall–Kier alpha value is -1.10. The summed E-state index contributed by atoms with van der Waals surface area (Å²) in [6.07, 6.45) is 3.83. The Labute approximate surface area is 114 Å². The molecule has 2 atom stereocenters. The Kier molecular flexibility index (Phi) is 4.45. The fourth-order valence-electron chi connectivity index (χ4n) is 2.40. The minimum atomic E-state index is -0.161. The number of carbonyl (C=O) groups excluding carboxylic acids is 2. The number of nitrogens with two attached hydrogens (primary N) is 1. The van der Waals surface area contributed by atoms with Gasteiger partial charge in [-0.05, 0) is 32.6 Å². The third kappa shape index (κ3) is 3.69. The zero-order valence-corrected chi connectivity index (χ0v) is 11.9. The number of nitrogens with one attached hydrogen (secondary N) is 1. The van der Waals surface area contributed by atoms with Gasteiger partial charge in [0.05, 0.1) is 0 Å². The van der Waals surface area contributed by atoms with Gasteiger partial charge in [-0.2, -0.15) is 0 Å². The van der Waals surface area contributed by atoms with Gasteiger partial charge in [-0.15, -0.1) is 0 Å². The van der Waals surface area contributed by atoms with Crippen molar-refractivity contribution in [2.24, 2.45) is 17.6 Å². The Morgan fingerprint density at radius 1 is 1.16 bits per heavy atom. The van der Waals surface area contributed by atoms with Crippen molar-refractivity contribution in [3.63, 3.8) is 0 Å². The molecule has 0 aromatic carbocycles. The molecule has 5 heteroatoms. The van der Waals surface area contributed by atoms with Crippen LogP contribution in [0.25, 0.3) is 0 Å². The van der Waals surface area contributed by atoms with E-state index in [1.54, 1.807) is 0 Å².